The van der Waals surface area contributed by atoms with Crippen LogP contribution in [0.15, 0.2) is 48.5 Å². The molecule has 0 aliphatic heterocycles. The second-order valence-electron chi connectivity index (χ2n) is 7.85. The predicted octanol–water partition coefficient (Wildman–Crippen LogP) is 6.78. The summed E-state index contributed by atoms with van der Waals surface area (Å²) in [4.78, 5) is 7.38. The van der Waals surface area contributed by atoms with Gasteiger partial charge in [0.25, 0.3) is 0 Å². The molecule has 152 valence electrons. The largest absolute Gasteiger partial charge is 0.298 e. The van der Waals surface area contributed by atoms with E-state index in [2.05, 4.69) is 76.0 Å². The lowest BCUT2D eigenvalue weighted by Gasteiger charge is -2.21. The van der Waals surface area contributed by atoms with Crippen LogP contribution in [-0.2, 0) is 25.9 Å². The standard InChI is InChI=1S/C26H31ClN2/c1-6-21-9-8-10-22(7-2)26(21)25-15-18(3)24(19(4)28-25)17-29(5)16-20-11-13-23(27)14-12-20/h8-15H,6-7,16-17H2,1-5H3. The zero-order valence-corrected chi connectivity index (χ0v) is 19.0. The fraction of sp³-hybridized carbons (Fsp3) is 0.346. The van der Waals surface area contributed by atoms with E-state index < -0.39 is 0 Å². The Morgan fingerprint density at radius 3 is 2.07 bits per heavy atom. The van der Waals surface area contributed by atoms with Gasteiger partial charge in [0, 0.05) is 29.4 Å². The molecule has 0 N–H and O–H groups in total. The number of hydrogen-bond acceptors (Lipinski definition) is 2. The Morgan fingerprint density at radius 2 is 1.52 bits per heavy atom. The van der Waals surface area contributed by atoms with Crippen molar-refractivity contribution in [1.82, 2.24) is 9.88 Å². The average Bonchev–Trinajstić information content (AvgIpc) is 2.71. The molecule has 0 aliphatic rings. The third-order valence-electron chi connectivity index (χ3n) is 5.60. The smallest absolute Gasteiger partial charge is 0.0713 e. The molecule has 0 saturated heterocycles. The highest BCUT2D eigenvalue weighted by atomic mass is 35.5. The lowest BCUT2D eigenvalue weighted by molar-refractivity contribution is 0.317. The summed E-state index contributed by atoms with van der Waals surface area (Å²) >= 11 is 6.01. The minimum absolute atomic E-state index is 0.779. The van der Waals surface area contributed by atoms with Crippen LogP contribution in [0.5, 0.6) is 0 Å². The SMILES string of the molecule is CCc1cccc(CC)c1-c1cc(C)c(CN(C)Cc2ccc(Cl)cc2)c(C)n1. The highest BCUT2D eigenvalue weighted by Gasteiger charge is 2.15. The molecule has 1 aromatic heterocycles. The summed E-state index contributed by atoms with van der Waals surface area (Å²) in [6, 6.07) is 17.0. The van der Waals surface area contributed by atoms with Crippen LogP contribution in [-0.4, -0.2) is 16.9 Å². The van der Waals surface area contributed by atoms with Crippen molar-refractivity contribution in [2.24, 2.45) is 0 Å². The van der Waals surface area contributed by atoms with Crippen molar-refractivity contribution in [2.75, 3.05) is 7.05 Å². The van der Waals surface area contributed by atoms with Crippen molar-refractivity contribution in [2.45, 2.75) is 53.6 Å². The summed E-state index contributed by atoms with van der Waals surface area (Å²) in [5, 5.41) is 0.779. The maximum atomic E-state index is 6.01. The first-order chi connectivity index (χ1) is 13.9. The van der Waals surface area contributed by atoms with Crippen molar-refractivity contribution in [3.63, 3.8) is 0 Å². The van der Waals surface area contributed by atoms with Crippen molar-refractivity contribution in [3.8, 4) is 11.3 Å². The molecule has 2 nitrogen and oxygen atoms in total. The van der Waals surface area contributed by atoms with Gasteiger partial charge in [0.15, 0.2) is 0 Å². The Morgan fingerprint density at radius 1 is 0.897 bits per heavy atom. The molecule has 0 bridgehead atoms. The van der Waals surface area contributed by atoms with Gasteiger partial charge in [0.2, 0.25) is 0 Å². The minimum Gasteiger partial charge on any atom is -0.298 e. The molecular formula is C26H31ClN2. The van der Waals surface area contributed by atoms with Crippen molar-refractivity contribution in [3.05, 3.63) is 87.1 Å². The van der Waals surface area contributed by atoms with E-state index in [1.807, 2.05) is 12.1 Å². The van der Waals surface area contributed by atoms with Crippen LogP contribution < -0.4 is 0 Å². The zero-order chi connectivity index (χ0) is 21.0. The van der Waals surface area contributed by atoms with Crippen LogP contribution in [0.25, 0.3) is 11.3 Å². The number of hydrogen-bond donors (Lipinski definition) is 0. The maximum absolute atomic E-state index is 6.01. The Bertz CT molecular complexity index is 931. The topological polar surface area (TPSA) is 16.1 Å². The molecule has 0 saturated carbocycles. The third-order valence-corrected chi connectivity index (χ3v) is 5.85. The molecule has 29 heavy (non-hydrogen) atoms. The van der Waals surface area contributed by atoms with E-state index in [-0.39, 0.29) is 0 Å². The number of nitrogens with zero attached hydrogens (tertiary/aromatic N) is 2. The molecule has 3 rings (SSSR count). The Balaban J connectivity index is 1.88. The molecule has 0 aliphatic carbocycles. The molecule has 3 aromatic rings. The van der Waals surface area contributed by atoms with Crippen LogP contribution in [0.1, 0.15) is 47.4 Å². The summed E-state index contributed by atoms with van der Waals surface area (Å²) in [7, 11) is 2.16. The van der Waals surface area contributed by atoms with Gasteiger partial charge in [0.1, 0.15) is 0 Å². The van der Waals surface area contributed by atoms with E-state index in [0.29, 0.717) is 0 Å². The Hall–Kier alpha value is -2.16. The van der Waals surface area contributed by atoms with E-state index in [0.717, 1.165) is 42.3 Å². The third kappa shape index (κ3) is 5.07. The number of aromatic nitrogens is 1. The van der Waals surface area contributed by atoms with E-state index in [1.54, 1.807) is 0 Å². The first-order valence-electron chi connectivity index (χ1n) is 10.4. The van der Waals surface area contributed by atoms with Crippen LogP contribution in [0.2, 0.25) is 5.02 Å². The molecule has 0 amide bonds. The van der Waals surface area contributed by atoms with Crippen LogP contribution in [0, 0.1) is 13.8 Å². The second kappa shape index (κ2) is 9.56. The Labute approximate surface area is 180 Å². The van der Waals surface area contributed by atoms with Crippen molar-refractivity contribution >= 4 is 11.6 Å². The molecule has 0 radical (unpaired) electrons. The van der Waals surface area contributed by atoms with Gasteiger partial charge >= 0.3 is 0 Å². The molecule has 0 atom stereocenters. The molecule has 0 fully saturated rings. The van der Waals surface area contributed by atoms with Gasteiger partial charge in [-0.05, 0) is 79.8 Å². The predicted molar refractivity (Wildman–Crippen MR) is 125 cm³/mol. The molecular weight excluding hydrogens is 376 g/mol. The fourth-order valence-electron chi connectivity index (χ4n) is 4.02. The highest BCUT2D eigenvalue weighted by Crippen LogP contribution is 2.30. The van der Waals surface area contributed by atoms with E-state index in [4.69, 9.17) is 16.6 Å². The summed E-state index contributed by atoms with van der Waals surface area (Å²) in [5.41, 5.74) is 10.2. The highest BCUT2D eigenvalue weighted by molar-refractivity contribution is 6.30. The number of rotatable bonds is 7. The van der Waals surface area contributed by atoms with Gasteiger partial charge in [-0.3, -0.25) is 9.88 Å². The van der Waals surface area contributed by atoms with E-state index in [9.17, 15) is 0 Å². The van der Waals surface area contributed by atoms with Gasteiger partial charge in [-0.2, -0.15) is 0 Å². The first kappa shape index (κ1) is 21.5. The van der Waals surface area contributed by atoms with Gasteiger partial charge in [-0.1, -0.05) is 55.8 Å². The molecule has 3 heteroatoms. The van der Waals surface area contributed by atoms with Gasteiger partial charge < -0.3 is 0 Å². The van der Waals surface area contributed by atoms with Crippen LogP contribution in [0.4, 0.5) is 0 Å². The number of aryl methyl sites for hydroxylation is 4. The second-order valence-corrected chi connectivity index (χ2v) is 8.28. The summed E-state index contributed by atoms with van der Waals surface area (Å²) in [5.74, 6) is 0. The fourth-order valence-corrected chi connectivity index (χ4v) is 4.15. The normalized spacial score (nSPS) is 11.3. The summed E-state index contributed by atoms with van der Waals surface area (Å²) < 4.78 is 0. The van der Waals surface area contributed by atoms with Crippen molar-refractivity contribution in [1.29, 1.82) is 0 Å². The van der Waals surface area contributed by atoms with E-state index in [1.165, 1.54) is 33.4 Å². The Kier molecular flexibility index (Phi) is 7.10. The average molecular weight is 407 g/mol. The lowest BCUT2D eigenvalue weighted by atomic mass is 9.93. The minimum atomic E-state index is 0.779. The maximum Gasteiger partial charge on any atom is 0.0713 e. The number of benzene rings is 2. The number of halogens is 1. The first-order valence-corrected chi connectivity index (χ1v) is 10.8. The quantitative estimate of drug-likeness (QED) is 0.430. The van der Waals surface area contributed by atoms with Gasteiger partial charge in [-0.25, -0.2) is 0 Å². The summed E-state index contributed by atoms with van der Waals surface area (Å²) in [6.45, 7) is 10.6. The molecule has 0 unspecified atom stereocenters. The zero-order valence-electron chi connectivity index (χ0n) is 18.2. The van der Waals surface area contributed by atoms with Crippen LogP contribution >= 0.6 is 11.6 Å². The van der Waals surface area contributed by atoms with E-state index >= 15 is 0 Å². The monoisotopic (exact) mass is 406 g/mol. The van der Waals surface area contributed by atoms with Gasteiger partial charge in [-0.15, -0.1) is 0 Å². The summed E-state index contributed by atoms with van der Waals surface area (Å²) in [6.07, 6.45) is 2.04. The van der Waals surface area contributed by atoms with Crippen molar-refractivity contribution < 1.29 is 0 Å². The van der Waals surface area contributed by atoms with Crippen LogP contribution in [0.3, 0.4) is 0 Å². The molecule has 0 spiro atoms. The molecule has 1 heterocycles. The molecule has 2 aromatic carbocycles. The number of pyridine rings is 1. The van der Waals surface area contributed by atoms with Gasteiger partial charge in [0.05, 0.1) is 5.69 Å². The lowest BCUT2D eigenvalue weighted by Crippen LogP contribution is -2.19.